The van der Waals surface area contributed by atoms with Gasteiger partial charge in [-0.25, -0.2) is 0 Å². The molecule has 1 aromatic heterocycles. The summed E-state index contributed by atoms with van der Waals surface area (Å²) >= 11 is 0. The number of aliphatic hydroxyl groups is 1. The zero-order chi connectivity index (χ0) is 10.7. The maximum atomic E-state index is 9.01. The van der Waals surface area contributed by atoms with Crippen LogP contribution in [0.25, 0.3) is 0 Å². The maximum absolute atomic E-state index is 9.01. The summed E-state index contributed by atoms with van der Waals surface area (Å²) in [6.07, 6.45) is 2.12. The molecule has 0 amide bonds. The number of nitrogens with zero attached hydrogens (tertiary/aromatic N) is 3. The van der Waals surface area contributed by atoms with E-state index in [2.05, 4.69) is 15.1 Å². The molecule has 1 aliphatic heterocycles. The molecule has 1 N–H and O–H groups in total. The number of piperidine rings is 1. The largest absolute Gasteiger partial charge is 0.424 e. The van der Waals surface area contributed by atoms with E-state index in [1.54, 1.807) is 6.92 Å². The molecule has 0 radical (unpaired) electrons. The first kappa shape index (κ1) is 10.6. The average molecular weight is 211 g/mol. The van der Waals surface area contributed by atoms with Crippen molar-refractivity contribution in [1.82, 2.24) is 15.1 Å². The van der Waals surface area contributed by atoms with Gasteiger partial charge in [0.15, 0.2) is 0 Å². The molecule has 1 aromatic rings. The summed E-state index contributed by atoms with van der Waals surface area (Å²) in [4.78, 5) is 2.29. The summed E-state index contributed by atoms with van der Waals surface area (Å²) < 4.78 is 5.33. The quantitative estimate of drug-likeness (QED) is 0.792. The second-order valence-corrected chi connectivity index (χ2v) is 4.12. The summed E-state index contributed by atoms with van der Waals surface area (Å²) in [7, 11) is 0. The van der Waals surface area contributed by atoms with Gasteiger partial charge in [0.25, 0.3) is 0 Å². The minimum absolute atomic E-state index is 0.313. The lowest BCUT2D eigenvalue weighted by atomic mass is 9.98. The van der Waals surface area contributed by atoms with Crippen molar-refractivity contribution in [2.45, 2.75) is 26.3 Å². The molecule has 0 saturated carbocycles. The van der Waals surface area contributed by atoms with Gasteiger partial charge in [-0.2, -0.15) is 0 Å². The van der Waals surface area contributed by atoms with Gasteiger partial charge in [0.05, 0.1) is 6.54 Å². The molecule has 1 aliphatic rings. The van der Waals surface area contributed by atoms with E-state index in [4.69, 9.17) is 9.52 Å². The topological polar surface area (TPSA) is 62.4 Å². The first-order chi connectivity index (χ1) is 7.28. The van der Waals surface area contributed by atoms with E-state index >= 15 is 0 Å². The van der Waals surface area contributed by atoms with Crippen molar-refractivity contribution in [3.8, 4) is 0 Å². The highest BCUT2D eigenvalue weighted by Crippen LogP contribution is 2.17. The monoisotopic (exact) mass is 211 g/mol. The van der Waals surface area contributed by atoms with Crippen LogP contribution in [0.1, 0.15) is 24.6 Å². The van der Waals surface area contributed by atoms with Gasteiger partial charge in [-0.15, -0.1) is 10.2 Å². The molecule has 84 valence electrons. The van der Waals surface area contributed by atoms with Crippen LogP contribution >= 0.6 is 0 Å². The lowest BCUT2D eigenvalue weighted by molar-refractivity contribution is 0.120. The molecule has 5 heteroatoms. The fourth-order valence-corrected chi connectivity index (χ4v) is 1.92. The summed E-state index contributed by atoms with van der Waals surface area (Å²) in [6, 6.07) is 0. The number of likely N-dealkylation sites (tertiary alicyclic amines) is 1. The third-order valence-electron chi connectivity index (χ3n) is 2.89. The van der Waals surface area contributed by atoms with Gasteiger partial charge in [-0.3, -0.25) is 4.90 Å². The highest BCUT2D eigenvalue weighted by atomic mass is 16.4. The fraction of sp³-hybridized carbons (Fsp3) is 0.800. The molecule has 5 nitrogen and oxygen atoms in total. The van der Waals surface area contributed by atoms with Crippen molar-refractivity contribution in [2.75, 3.05) is 19.7 Å². The number of hydrogen-bond donors (Lipinski definition) is 1. The molecule has 1 fully saturated rings. The van der Waals surface area contributed by atoms with Crippen LogP contribution in [0.3, 0.4) is 0 Å². The molecule has 1 saturated heterocycles. The number of aliphatic hydroxyl groups excluding tert-OH is 1. The Hall–Kier alpha value is -0.940. The van der Waals surface area contributed by atoms with Crippen LogP contribution in [0.15, 0.2) is 4.42 Å². The second kappa shape index (κ2) is 4.72. The van der Waals surface area contributed by atoms with Gasteiger partial charge in [0, 0.05) is 13.5 Å². The number of hydrogen-bond acceptors (Lipinski definition) is 5. The van der Waals surface area contributed by atoms with Crippen LogP contribution < -0.4 is 0 Å². The van der Waals surface area contributed by atoms with Crippen molar-refractivity contribution in [3.05, 3.63) is 11.8 Å². The number of rotatable bonds is 3. The Balaban J connectivity index is 1.82. The Morgan fingerprint density at radius 3 is 2.67 bits per heavy atom. The van der Waals surface area contributed by atoms with Crippen molar-refractivity contribution in [2.24, 2.45) is 5.92 Å². The number of aromatic nitrogens is 2. The SMILES string of the molecule is Cc1nnc(CN2CCC(CO)CC2)o1. The summed E-state index contributed by atoms with van der Waals surface area (Å²) in [5.41, 5.74) is 0. The molecule has 2 rings (SSSR count). The Labute approximate surface area is 89.1 Å². The van der Waals surface area contributed by atoms with Gasteiger partial charge in [0.1, 0.15) is 0 Å². The first-order valence-corrected chi connectivity index (χ1v) is 5.40. The fourth-order valence-electron chi connectivity index (χ4n) is 1.92. The lowest BCUT2D eigenvalue weighted by Gasteiger charge is -2.29. The van der Waals surface area contributed by atoms with Crippen LogP contribution in [-0.4, -0.2) is 39.9 Å². The number of aryl methyl sites for hydroxylation is 1. The van der Waals surface area contributed by atoms with E-state index in [-0.39, 0.29) is 0 Å². The van der Waals surface area contributed by atoms with Crippen LogP contribution in [0, 0.1) is 12.8 Å². The molecule has 0 spiro atoms. The van der Waals surface area contributed by atoms with E-state index in [0.717, 1.165) is 32.5 Å². The normalized spacial score (nSPS) is 19.6. The van der Waals surface area contributed by atoms with Gasteiger partial charge >= 0.3 is 0 Å². The Bertz CT molecular complexity index is 305. The molecular weight excluding hydrogens is 194 g/mol. The van der Waals surface area contributed by atoms with E-state index in [9.17, 15) is 0 Å². The molecule has 0 atom stereocenters. The van der Waals surface area contributed by atoms with E-state index < -0.39 is 0 Å². The smallest absolute Gasteiger partial charge is 0.230 e. The third kappa shape index (κ3) is 2.76. The highest BCUT2D eigenvalue weighted by Gasteiger charge is 2.19. The molecule has 15 heavy (non-hydrogen) atoms. The Morgan fingerprint density at radius 1 is 1.40 bits per heavy atom. The zero-order valence-electron chi connectivity index (χ0n) is 9.02. The predicted octanol–water partition coefficient (Wildman–Crippen LogP) is 0.582. The van der Waals surface area contributed by atoms with Crippen molar-refractivity contribution >= 4 is 0 Å². The summed E-state index contributed by atoms with van der Waals surface area (Å²) in [5.74, 6) is 1.79. The molecule has 0 unspecified atom stereocenters. The van der Waals surface area contributed by atoms with E-state index in [0.29, 0.717) is 24.3 Å². The average Bonchev–Trinajstić information content (AvgIpc) is 2.65. The minimum atomic E-state index is 0.313. The van der Waals surface area contributed by atoms with Crippen LogP contribution in [0.5, 0.6) is 0 Å². The Kier molecular flexibility index (Phi) is 3.33. The van der Waals surface area contributed by atoms with Crippen LogP contribution in [0.2, 0.25) is 0 Å². The van der Waals surface area contributed by atoms with Crippen LogP contribution in [-0.2, 0) is 6.54 Å². The summed E-state index contributed by atoms with van der Waals surface area (Å²) in [5, 5.41) is 16.8. The molecular formula is C10H17N3O2. The van der Waals surface area contributed by atoms with Gasteiger partial charge in [0.2, 0.25) is 11.8 Å². The highest BCUT2D eigenvalue weighted by molar-refractivity contribution is 4.81. The van der Waals surface area contributed by atoms with Gasteiger partial charge in [-0.1, -0.05) is 0 Å². The minimum Gasteiger partial charge on any atom is -0.424 e. The third-order valence-corrected chi connectivity index (χ3v) is 2.89. The molecule has 0 aromatic carbocycles. The first-order valence-electron chi connectivity index (χ1n) is 5.40. The maximum Gasteiger partial charge on any atom is 0.230 e. The van der Waals surface area contributed by atoms with Gasteiger partial charge < -0.3 is 9.52 Å². The van der Waals surface area contributed by atoms with Gasteiger partial charge in [-0.05, 0) is 31.8 Å². The standard InChI is InChI=1S/C10H17N3O2/c1-8-11-12-10(15-8)6-13-4-2-9(7-14)3-5-13/h9,14H,2-7H2,1H3. The van der Waals surface area contributed by atoms with Crippen molar-refractivity contribution < 1.29 is 9.52 Å². The second-order valence-electron chi connectivity index (χ2n) is 4.12. The van der Waals surface area contributed by atoms with Crippen molar-refractivity contribution in [3.63, 3.8) is 0 Å². The van der Waals surface area contributed by atoms with E-state index in [1.807, 2.05) is 0 Å². The van der Waals surface area contributed by atoms with Crippen LogP contribution in [0.4, 0.5) is 0 Å². The molecule has 0 bridgehead atoms. The van der Waals surface area contributed by atoms with Crippen molar-refractivity contribution in [1.29, 1.82) is 0 Å². The summed E-state index contributed by atoms with van der Waals surface area (Å²) in [6.45, 7) is 4.86. The molecule has 0 aliphatic carbocycles. The predicted molar refractivity (Wildman–Crippen MR) is 54.1 cm³/mol. The molecule has 2 heterocycles. The zero-order valence-corrected chi connectivity index (χ0v) is 9.02. The Morgan fingerprint density at radius 2 is 2.13 bits per heavy atom. The van der Waals surface area contributed by atoms with E-state index in [1.165, 1.54) is 0 Å². The lowest BCUT2D eigenvalue weighted by Crippen LogP contribution is -2.34.